The van der Waals surface area contributed by atoms with Crippen LogP contribution in [0.15, 0.2) is 0 Å². The average Bonchev–Trinajstić information content (AvgIpc) is 2.35. The number of rotatable bonds is 6. The standard InChI is InChI=1S/C8H4F14O/c1-23-4(12,13)2(9)3(10,11)5(14,15)6(16,17)7(18,19)8(20,21)22/h2H,1H3. The fraction of sp³-hybridized carbons (Fsp3) is 1.00. The van der Waals surface area contributed by atoms with Crippen LogP contribution in [0.1, 0.15) is 0 Å². The van der Waals surface area contributed by atoms with E-state index in [1.807, 2.05) is 0 Å². The van der Waals surface area contributed by atoms with E-state index < -0.39 is 42.1 Å². The lowest BCUT2D eigenvalue weighted by Crippen LogP contribution is -2.69. The van der Waals surface area contributed by atoms with Crippen LogP contribution in [0.4, 0.5) is 61.5 Å². The Kier molecular flexibility index (Phi) is 5.27. The van der Waals surface area contributed by atoms with Gasteiger partial charge in [-0.05, 0) is 0 Å². The van der Waals surface area contributed by atoms with Gasteiger partial charge in [0, 0.05) is 7.11 Å². The molecule has 15 heteroatoms. The molecule has 0 saturated carbocycles. The number of alkyl halides is 14. The third-order valence-corrected chi connectivity index (χ3v) is 2.45. The maximum atomic E-state index is 12.8. The van der Waals surface area contributed by atoms with Crippen molar-refractivity contribution in [2.45, 2.75) is 42.1 Å². The molecule has 0 aliphatic heterocycles. The Labute approximate surface area is 117 Å². The Morgan fingerprint density at radius 1 is 0.609 bits per heavy atom. The Bertz CT molecular complexity index is 423. The summed E-state index contributed by atoms with van der Waals surface area (Å²) >= 11 is 0. The molecule has 140 valence electrons. The number of halogens is 14. The van der Waals surface area contributed by atoms with Crippen molar-refractivity contribution < 1.29 is 66.2 Å². The number of methoxy groups -OCH3 is 1. The van der Waals surface area contributed by atoms with E-state index in [2.05, 4.69) is 4.74 Å². The molecule has 0 rings (SSSR count). The predicted octanol–water partition coefficient (Wildman–Crippen LogP) is 4.67. The Balaban J connectivity index is 6.15. The third-order valence-electron chi connectivity index (χ3n) is 2.45. The fourth-order valence-corrected chi connectivity index (χ4v) is 1.06. The van der Waals surface area contributed by atoms with Gasteiger partial charge in [-0.15, -0.1) is 0 Å². The average molecular weight is 382 g/mol. The molecule has 0 amide bonds. The molecule has 1 atom stereocenters. The molecule has 0 aromatic heterocycles. The van der Waals surface area contributed by atoms with Gasteiger partial charge in [0.2, 0.25) is 0 Å². The summed E-state index contributed by atoms with van der Waals surface area (Å²) in [5, 5.41) is 0. The lowest BCUT2D eigenvalue weighted by Gasteiger charge is -2.39. The molecule has 0 bridgehead atoms. The van der Waals surface area contributed by atoms with Crippen LogP contribution < -0.4 is 0 Å². The van der Waals surface area contributed by atoms with Crippen LogP contribution >= 0.6 is 0 Å². The molecule has 0 aliphatic carbocycles. The van der Waals surface area contributed by atoms with Gasteiger partial charge in [0.1, 0.15) is 0 Å². The summed E-state index contributed by atoms with van der Waals surface area (Å²) in [6.45, 7) is 0. The van der Waals surface area contributed by atoms with Crippen LogP contribution in [0.25, 0.3) is 0 Å². The Hall–Kier alpha value is -1.02. The second-order valence-electron chi connectivity index (χ2n) is 3.97. The summed E-state index contributed by atoms with van der Waals surface area (Å²) in [7, 11) is -0.247. The molecular formula is C8H4F14O. The SMILES string of the molecule is COC(F)(F)C(F)C(F)(F)C(F)(F)C(F)(F)C(F)(F)C(F)(F)F. The van der Waals surface area contributed by atoms with E-state index in [0.717, 1.165) is 0 Å². The van der Waals surface area contributed by atoms with Crippen molar-refractivity contribution in [1.82, 2.24) is 0 Å². The van der Waals surface area contributed by atoms with Crippen LogP contribution in [0.2, 0.25) is 0 Å². The molecule has 0 spiro atoms. The molecule has 0 saturated heterocycles. The van der Waals surface area contributed by atoms with Gasteiger partial charge in [-0.1, -0.05) is 0 Å². The van der Waals surface area contributed by atoms with Crippen LogP contribution in [0.5, 0.6) is 0 Å². The highest BCUT2D eigenvalue weighted by Crippen LogP contribution is 2.59. The van der Waals surface area contributed by atoms with Gasteiger partial charge in [-0.25, -0.2) is 4.39 Å². The first-order chi connectivity index (χ1) is 9.72. The van der Waals surface area contributed by atoms with Gasteiger partial charge < -0.3 is 4.74 Å². The first-order valence-electron chi connectivity index (χ1n) is 4.86. The minimum atomic E-state index is -7.96. The molecule has 1 unspecified atom stereocenters. The van der Waals surface area contributed by atoms with E-state index in [9.17, 15) is 61.5 Å². The third kappa shape index (κ3) is 3.03. The molecule has 0 heterocycles. The largest absolute Gasteiger partial charge is 0.460 e. The van der Waals surface area contributed by atoms with E-state index in [0.29, 0.717) is 0 Å². The number of hydrogen-bond acceptors (Lipinski definition) is 1. The highest BCUT2D eigenvalue weighted by Gasteiger charge is 2.89. The normalized spacial score (nSPS) is 17.3. The minimum Gasteiger partial charge on any atom is -0.321 e. The lowest BCUT2D eigenvalue weighted by atomic mass is 9.95. The summed E-state index contributed by atoms with van der Waals surface area (Å²) in [4.78, 5) is 0. The van der Waals surface area contributed by atoms with Gasteiger partial charge in [-0.3, -0.25) is 0 Å². The summed E-state index contributed by atoms with van der Waals surface area (Å²) < 4.78 is 177. The molecule has 0 fully saturated rings. The van der Waals surface area contributed by atoms with Crippen LogP contribution in [0, 0.1) is 0 Å². The molecule has 0 aliphatic rings. The lowest BCUT2D eigenvalue weighted by molar-refractivity contribution is -0.437. The van der Waals surface area contributed by atoms with Crippen LogP contribution in [0.3, 0.4) is 0 Å². The summed E-state index contributed by atoms with van der Waals surface area (Å²) in [6, 6.07) is 0. The van der Waals surface area contributed by atoms with E-state index in [1.54, 1.807) is 0 Å². The maximum Gasteiger partial charge on any atom is 0.460 e. The van der Waals surface area contributed by atoms with Gasteiger partial charge in [-0.2, -0.15) is 57.1 Å². The highest BCUT2D eigenvalue weighted by molar-refractivity contribution is 5.09. The van der Waals surface area contributed by atoms with E-state index in [-0.39, 0.29) is 7.11 Å². The van der Waals surface area contributed by atoms with Crippen molar-refractivity contribution in [1.29, 1.82) is 0 Å². The molecule has 1 nitrogen and oxygen atoms in total. The second kappa shape index (κ2) is 5.51. The first-order valence-corrected chi connectivity index (χ1v) is 4.86. The molecule has 0 aromatic rings. The van der Waals surface area contributed by atoms with Gasteiger partial charge >= 0.3 is 36.0 Å². The monoisotopic (exact) mass is 382 g/mol. The molecule has 0 N–H and O–H groups in total. The van der Waals surface area contributed by atoms with E-state index in [4.69, 9.17) is 0 Å². The van der Waals surface area contributed by atoms with Gasteiger partial charge in [0.15, 0.2) is 0 Å². The molecule has 23 heavy (non-hydrogen) atoms. The minimum absolute atomic E-state index is 0.247. The molecule has 0 aromatic carbocycles. The zero-order chi connectivity index (χ0) is 19.3. The van der Waals surface area contributed by atoms with Crippen molar-refractivity contribution in [2.24, 2.45) is 0 Å². The molecular weight excluding hydrogens is 378 g/mol. The predicted molar refractivity (Wildman–Crippen MR) is 42.7 cm³/mol. The summed E-state index contributed by atoms with van der Waals surface area (Å²) in [5.41, 5.74) is 0. The Morgan fingerprint density at radius 3 is 1.22 bits per heavy atom. The Morgan fingerprint density at radius 2 is 0.957 bits per heavy atom. The quantitative estimate of drug-likeness (QED) is 0.607. The highest BCUT2D eigenvalue weighted by atomic mass is 19.4. The fourth-order valence-electron chi connectivity index (χ4n) is 1.06. The van der Waals surface area contributed by atoms with Crippen molar-refractivity contribution in [3.63, 3.8) is 0 Å². The number of ether oxygens (including phenoxy) is 1. The topological polar surface area (TPSA) is 9.23 Å². The maximum absolute atomic E-state index is 12.8. The second-order valence-corrected chi connectivity index (χ2v) is 3.97. The molecule has 0 radical (unpaired) electrons. The first kappa shape index (κ1) is 22.0. The summed E-state index contributed by atoms with van der Waals surface area (Å²) in [5.74, 6) is -31.0. The van der Waals surface area contributed by atoms with Crippen LogP contribution in [-0.4, -0.2) is 49.3 Å². The van der Waals surface area contributed by atoms with Crippen molar-refractivity contribution in [3.05, 3.63) is 0 Å². The summed E-state index contributed by atoms with van der Waals surface area (Å²) in [6.07, 6.45) is -19.0. The zero-order valence-corrected chi connectivity index (χ0v) is 10.3. The number of hydrogen-bond donors (Lipinski definition) is 0. The van der Waals surface area contributed by atoms with E-state index >= 15 is 0 Å². The van der Waals surface area contributed by atoms with Crippen molar-refractivity contribution >= 4 is 0 Å². The zero-order valence-electron chi connectivity index (χ0n) is 10.3. The van der Waals surface area contributed by atoms with Crippen molar-refractivity contribution in [3.8, 4) is 0 Å². The van der Waals surface area contributed by atoms with E-state index in [1.165, 1.54) is 0 Å². The van der Waals surface area contributed by atoms with Gasteiger partial charge in [0.05, 0.1) is 0 Å². The van der Waals surface area contributed by atoms with Gasteiger partial charge in [0.25, 0.3) is 6.17 Å². The van der Waals surface area contributed by atoms with Crippen LogP contribution in [-0.2, 0) is 4.74 Å². The smallest absolute Gasteiger partial charge is 0.321 e. The van der Waals surface area contributed by atoms with Crippen molar-refractivity contribution in [2.75, 3.05) is 7.11 Å².